The maximum Gasteiger partial charge on any atom is 0.0963 e. The first-order valence-electron chi connectivity index (χ1n) is 6.59. The molecule has 0 aromatic heterocycles. The molecule has 0 radical (unpaired) electrons. The highest BCUT2D eigenvalue weighted by molar-refractivity contribution is 9.10. The molecule has 0 aliphatic carbocycles. The summed E-state index contributed by atoms with van der Waals surface area (Å²) in [5.74, 6) is 0.265. The average Bonchev–Trinajstić information content (AvgIpc) is 2.35. The Morgan fingerprint density at radius 3 is 2.63 bits per heavy atom. The fourth-order valence-electron chi connectivity index (χ4n) is 1.70. The molecule has 0 unspecified atom stereocenters. The molecule has 0 saturated carbocycles. The van der Waals surface area contributed by atoms with Crippen LogP contribution in [0.25, 0.3) is 0 Å². The van der Waals surface area contributed by atoms with Crippen LogP contribution in [0.5, 0.6) is 0 Å². The number of unbranched alkanes of at least 4 members (excludes halogenated alkanes) is 1. The Hall–Kier alpha value is -0.870. The standard InChI is InChI=1S/C15H23BrN2O/c1-15(2,14(17)18)9-5-6-10-19-11-12-7-3-4-8-13(12)16/h3-4,7-8H,5-6,9-11H2,1-2H3,(H3,17,18). The van der Waals surface area contributed by atoms with Gasteiger partial charge in [-0.25, -0.2) is 0 Å². The molecule has 0 aliphatic heterocycles. The number of ether oxygens (including phenoxy) is 1. The fraction of sp³-hybridized carbons (Fsp3) is 0.533. The molecule has 0 atom stereocenters. The van der Waals surface area contributed by atoms with Crippen LogP contribution in [-0.4, -0.2) is 12.4 Å². The topological polar surface area (TPSA) is 59.1 Å². The van der Waals surface area contributed by atoms with Crippen LogP contribution in [0.4, 0.5) is 0 Å². The number of hydrogen-bond acceptors (Lipinski definition) is 2. The summed E-state index contributed by atoms with van der Waals surface area (Å²) in [4.78, 5) is 0. The summed E-state index contributed by atoms with van der Waals surface area (Å²) in [5, 5.41) is 7.49. The Balaban J connectivity index is 2.16. The van der Waals surface area contributed by atoms with Crippen LogP contribution in [0.3, 0.4) is 0 Å². The van der Waals surface area contributed by atoms with Gasteiger partial charge in [-0.15, -0.1) is 0 Å². The van der Waals surface area contributed by atoms with E-state index in [1.807, 2.05) is 32.0 Å². The van der Waals surface area contributed by atoms with E-state index in [9.17, 15) is 0 Å². The minimum atomic E-state index is -0.192. The van der Waals surface area contributed by atoms with Gasteiger partial charge in [-0.3, -0.25) is 5.41 Å². The summed E-state index contributed by atoms with van der Waals surface area (Å²) in [5.41, 5.74) is 6.53. The highest BCUT2D eigenvalue weighted by atomic mass is 79.9. The zero-order valence-electron chi connectivity index (χ0n) is 11.7. The lowest BCUT2D eigenvalue weighted by Gasteiger charge is -2.22. The monoisotopic (exact) mass is 326 g/mol. The van der Waals surface area contributed by atoms with Gasteiger partial charge in [0, 0.05) is 16.5 Å². The Bertz CT molecular complexity index is 418. The lowest BCUT2D eigenvalue weighted by molar-refractivity contribution is 0.115. The molecule has 0 aliphatic rings. The number of amidine groups is 1. The number of benzene rings is 1. The molecule has 0 bridgehead atoms. The van der Waals surface area contributed by atoms with Crippen LogP contribution < -0.4 is 5.73 Å². The smallest absolute Gasteiger partial charge is 0.0963 e. The summed E-state index contributed by atoms with van der Waals surface area (Å²) in [6.45, 7) is 5.40. The van der Waals surface area contributed by atoms with Crippen LogP contribution in [0.2, 0.25) is 0 Å². The first-order valence-corrected chi connectivity index (χ1v) is 7.38. The SMILES string of the molecule is CC(C)(CCCCOCc1ccccc1Br)C(=N)N. The summed E-state index contributed by atoms with van der Waals surface area (Å²) in [6, 6.07) is 8.09. The van der Waals surface area contributed by atoms with Crippen molar-refractivity contribution < 1.29 is 4.74 Å². The minimum Gasteiger partial charge on any atom is -0.387 e. The Morgan fingerprint density at radius 1 is 1.32 bits per heavy atom. The Labute approximate surface area is 124 Å². The second kappa shape index (κ2) is 7.65. The summed E-state index contributed by atoms with van der Waals surface area (Å²) >= 11 is 3.50. The molecule has 1 aromatic rings. The number of nitrogens with one attached hydrogen (secondary N) is 1. The average molecular weight is 327 g/mol. The van der Waals surface area contributed by atoms with Crippen LogP contribution >= 0.6 is 15.9 Å². The van der Waals surface area contributed by atoms with E-state index in [-0.39, 0.29) is 11.3 Å². The second-order valence-corrected chi connectivity index (χ2v) is 6.25. The van der Waals surface area contributed by atoms with Crippen LogP contribution in [0.15, 0.2) is 28.7 Å². The lowest BCUT2D eigenvalue weighted by atomic mass is 9.86. The summed E-state index contributed by atoms with van der Waals surface area (Å²) in [6.07, 6.45) is 2.96. The van der Waals surface area contributed by atoms with Crippen molar-refractivity contribution in [3.8, 4) is 0 Å². The number of hydrogen-bond donors (Lipinski definition) is 2. The van der Waals surface area contributed by atoms with Crippen molar-refractivity contribution in [1.29, 1.82) is 5.41 Å². The van der Waals surface area contributed by atoms with Crippen molar-refractivity contribution in [2.24, 2.45) is 11.1 Å². The molecule has 19 heavy (non-hydrogen) atoms. The van der Waals surface area contributed by atoms with E-state index in [1.54, 1.807) is 0 Å². The highest BCUT2D eigenvalue weighted by Crippen LogP contribution is 2.22. The van der Waals surface area contributed by atoms with Gasteiger partial charge in [0.25, 0.3) is 0 Å². The third-order valence-electron chi connectivity index (χ3n) is 3.28. The molecule has 106 valence electrons. The number of rotatable bonds is 8. The molecule has 1 aromatic carbocycles. The highest BCUT2D eigenvalue weighted by Gasteiger charge is 2.20. The third kappa shape index (κ3) is 5.74. The molecule has 1 rings (SSSR count). The Morgan fingerprint density at radius 2 is 2.00 bits per heavy atom. The van der Waals surface area contributed by atoms with Gasteiger partial charge in [-0.05, 0) is 24.5 Å². The van der Waals surface area contributed by atoms with E-state index >= 15 is 0 Å². The normalized spacial score (nSPS) is 11.5. The first kappa shape index (κ1) is 16.2. The maximum absolute atomic E-state index is 7.49. The van der Waals surface area contributed by atoms with E-state index in [0.29, 0.717) is 6.61 Å². The van der Waals surface area contributed by atoms with Gasteiger partial charge in [-0.2, -0.15) is 0 Å². The number of halogens is 1. The molecule has 3 nitrogen and oxygen atoms in total. The largest absolute Gasteiger partial charge is 0.387 e. The minimum absolute atomic E-state index is 0.192. The predicted molar refractivity (Wildman–Crippen MR) is 83.3 cm³/mol. The van der Waals surface area contributed by atoms with Crippen molar-refractivity contribution in [1.82, 2.24) is 0 Å². The summed E-state index contributed by atoms with van der Waals surface area (Å²) < 4.78 is 6.75. The lowest BCUT2D eigenvalue weighted by Crippen LogP contribution is -2.30. The zero-order valence-corrected chi connectivity index (χ0v) is 13.3. The number of nitrogens with two attached hydrogens (primary N) is 1. The van der Waals surface area contributed by atoms with Gasteiger partial charge in [0.1, 0.15) is 0 Å². The zero-order chi connectivity index (χ0) is 14.3. The van der Waals surface area contributed by atoms with Gasteiger partial charge >= 0.3 is 0 Å². The van der Waals surface area contributed by atoms with Crippen molar-refractivity contribution in [3.05, 3.63) is 34.3 Å². The van der Waals surface area contributed by atoms with Gasteiger partial charge < -0.3 is 10.5 Å². The first-order chi connectivity index (χ1) is 8.93. The van der Waals surface area contributed by atoms with Crippen LogP contribution in [-0.2, 0) is 11.3 Å². The van der Waals surface area contributed by atoms with E-state index < -0.39 is 0 Å². The van der Waals surface area contributed by atoms with E-state index in [4.69, 9.17) is 15.9 Å². The molecular formula is C15H23BrN2O. The quantitative estimate of drug-likeness (QED) is 0.429. The molecule has 0 saturated heterocycles. The van der Waals surface area contributed by atoms with Gasteiger partial charge in [0.05, 0.1) is 12.4 Å². The van der Waals surface area contributed by atoms with Gasteiger partial charge in [0.15, 0.2) is 0 Å². The molecule has 0 amide bonds. The third-order valence-corrected chi connectivity index (χ3v) is 4.06. The predicted octanol–water partition coefficient (Wildman–Crippen LogP) is 4.10. The van der Waals surface area contributed by atoms with Crippen molar-refractivity contribution >= 4 is 21.8 Å². The Kier molecular flexibility index (Phi) is 6.52. The molecular weight excluding hydrogens is 304 g/mol. The van der Waals surface area contributed by atoms with E-state index in [1.165, 1.54) is 5.56 Å². The molecule has 0 fully saturated rings. The molecule has 4 heteroatoms. The van der Waals surface area contributed by atoms with Crippen LogP contribution in [0.1, 0.15) is 38.7 Å². The van der Waals surface area contributed by atoms with Gasteiger partial charge in [-0.1, -0.05) is 54.4 Å². The summed E-state index contributed by atoms with van der Waals surface area (Å²) in [7, 11) is 0. The fourth-order valence-corrected chi connectivity index (χ4v) is 2.10. The van der Waals surface area contributed by atoms with Crippen molar-refractivity contribution in [2.75, 3.05) is 6.61 Å². The second-order valence-electron chi connectivity index (χ2n) is 5.40. The molecule has 0 spiro atoms. The molecule has 0 heterocycles. The van der Waals surface area contributed by atoms with Gasteiger partial charge in [0.2, 0.25) is 0 Å². The molecule has 3 N–H and O–H groups in total. The van der Waals surface area contributed by atoms with Crippen molar-refractivity contribution in [3.63, 3.8) is 0 Å². The van der Waals surface area contributed by atoms with Crippen LogP contribution in [0, 0.1) is 10.8 Å². The van der Waals surface area contributed by atoms with E-state index in [2.05, 4.69) is 22.0 Å². The van der Waals surface area contributed by atoms with Crippen molar-refractivity contribution in [2.45, 2.75) is 39.7 Å². The maximum atomic E-state index is 7.49. The van der Waals surface area contributed by atoms with E-state index in [0.717, 1.165) is 30.3 Å².